The van der Waals surface area contributed by atoms with Crippen LogP contribution in [0.1, 0.15) is 12.5 Å². The average molecular weight is 1100 g/mol. The van der Waals surface area contributed by atoms with Crippen LogP contribution in [0.25, 0.3) is 73.3 Å². The molecule has 0 N–H and O–H groups in total. The zero-order chi connectivity index (χ0) is 55.8. The highest BCUT2D eigenvalue weighted by Crippen LogP contribution is 2.48. The largest absolute Gasteiger partial charge is 0.205 e. The van der Waals surface area contributed by atoms with Crippen molar-refractivity contribution < 1.29 is 127 Å². The van der Waals surface area contributed by atoms with Gasteiger partial charge in [-0.2, -0.15) is 0 Å². The van der Waals surface area contributed by atoms with Crippen molar-refractivity contribution in [2.45, 2.75) is 6.92 Å². The van der Waals surface area contributed by atoms with Gasteiger partial charge in [0, 0.05) is 10.8 Å². The molecule has 0 fully saturated rings. The molecular weight excluding hydrogens is 1090 g/mol. The van der Waals surface area contributed by atoms with Crippen molar-refractivity contribution >= 4 is 28.8 Å². The number of hydrogen-bond donors (Lipinski definition) is 0. The first-order valence-electron chi connectivity index (χ1n) is 18.6. The number of benzene rings is 7. The number of hydrogen-bond acceptors (Lipinski definition) is 0. The maximum absolute atomic E-state index is 15.6. The van der Waals surface area contributed by atoms with Crippen LogP contribution in [-0.4, -0.2) is 0 Å². The Labute approximate surface area is 386 Å². The first-order valence-corrected chi connectivity index (χ1v) is 18.6. The van der Waals surface area contributed by atoms with Gasteiger partial charge in [0.25, 0.3) is 0 Å². The monoisotopic (exact) mass is 1100 g/mol. The zero-order valence-electron chi connectivity index (χ0n) is 34.2. The van der Waals surface area contributed by atoms with Gasteiger partial charge in [0.1, 0.15) is 5.82 Å². The van der Waals surface area contributed by atoms with Gasteiger partial charge in [-0.05, 0) is 6.92 Å². The Morgan fingerprint density at radius 1 is 0.243 bits per heavy atom. The summed E-state index contributed by atoms with van der Waals surface area (Å²) >= 11 is 0. The van der Waals surface area contributed by atoms with Gasteiger partial charge in [0.2, 0.25) is 0 Å². The van der Waals surface area contributed by atoms with Gasteiger partial charge in [-0.15, -0.1) is 0 Å². The molecule has 7 rings (SSSR count). The fraction of sp³-hybridized carbons (Fsp3) is 0.0222. The molecule has 29 heteroatoms. The first kappa shape index (κ1) is 54.0. The van der Waals surface area contributed by atoms with Crippen molar-refractivity contribution in [1.82, 2.24) is 0 Å². The summed E-state index contributed by atoms with van der Waals surface area (Å²) in [5.74, 6) is -92.2. The van der Waals surface area contributed by atoms with Crippen molar-refractivity contribution in [3.63, 3.8) is 0 Å². The summed E-state index contributed by atoms with van der Waals surface area (Å²) in [6, 6.07) is 0. The maximum atomic E-state index is 15.6. The van der Waals surface area contributed by atoms with Crippen LogP contribution in [0.3, 0.4) is 0 Å². The van der Waals surface area contributed by atoms with Gasteiger partial charge in [-0.3, -0.25) is 0 Å². The van der Waals surface area contributed by atoms with Crippen LogP contribution >= 0.6 is 0 Å². The lowest BCUT2D eigenvalue weighted by atomic mass is 9.91. The van der Waals surface area contributed by atoms with Crippen molar-refractivity contribution in [3.8, 4) is 44.5 Å². The lowest BCUT2D eigenvalue weighted by molar-refractivity contribution is 0.400. The van der Waals surface area contributed by atoms with Gasteiger partial charge < -0.3 is 0 Å². The molecule has 0 aliphatic rings. The second-order valence-corrected chi connectivity index (χ2v) is 14.7. The molecule has 388 valence electrons. The van der Waals surface area contributed by atoms with E-state index in [2.05, 4.69) is 6.58 Å². The molecule has 0 nitrogen and oxygen atoms in total. The van der Waals surface area contributed by atoms with Crippen molar-refractivity contribution in [3.05, 3.63) is 179 Å². The van der Waals surface area contributed by atoms with E-state index >= 15 is 87.8 Å². The molecule has 7 aromatic carbocycles. The van der Waals surface area contributed by atoms with E-state index in [1.54, 1.807) is 0 Å². The molecule has 0 radical (unpaired) electrons. The Hall–Kier alpha value is -7.75. The van der Waals surface area contributed by atoms with E-state index < -0.39 is 246 Å². The Bertz CT molecular complexity index is 3790. The standard InChI is InChI=1S/C45H5F29/c1-3(17(46)20(49)5-4(2)18(47)42(71)43(72)23(5)52)6-21(50)25(54)11(26(55)22(6)51)12-32(61)34(63)15(35(64)33(12)62)16-38(67)36(65)14(37(66)39(16)68)13-30(59)27(56)9(28(57)31(13)60)7-19(48)8-10(29(58)24(7)53)41(70)45(74)44(73)40(8)69/h2H2,1H3/b17-3-,20-5-. The van der Waals surface area contributed by atoms with E-state index in [1.165, 1.54) is 0 Å². The molecule has 0 saturated heterocycles. The highest BCUT2D eigenvalue weighted by Gasteiger charge is 2.42. The molecule has 0 heterocycles. The predicted molar refractivity (Wildman–Crippen MR) is 194 cm³/mol. The minimum Gasteiger partial charge on any atom is -0.205 e. The van der Waals surface area contributed by atoms with Crippen LogP contribution in [0.2, 0.25) is 0 Å². The fourth-order valence-electron chi connectivity index (χ4n) is 7.39. The Morgan fingerprint density at radius 2 is 0.446 bits per heavy atom. The number of halogens is 29. The van der Waals surface area contributed by atoms with Crippen LogP contribution in [0.15, 0.2) is 5.83 Å². The van der Waals surface area contributed by atoms with Gasteiger partial charge in [0.05, 0.1) is 66.1 Å². The highest BCUT2D eigenvalue weighted by molar-refractivity contribution is 5.91. The second kappa shape index (κ2) is 18.3. The summed E-state index contributed by atoms with van der Waals surface area (Å²) < 4.78 is 436. The summed E-state index contributed by atoms with van der Waals surface area (Å²) in [6.07, 6.45) is 0. The molecule has 0 bridgehead atoms. The van der Waals surface area contributed by atoms with Gasteiger partial charge in [-0.1, -0.05) is 6.58 Å². The molecular formula is C45H5F29. The quantitative estimate of drug-likeness (QED) is 0.0884. The first-order chi connectivity index (χ1) is 34.2. The molecule has 7 aromatic rings. The molecule has 0 unspecified atom stereocenters. The molecule has 0 amide bonds. The maximum Gasteiger partial charge on any atom is 0.198 e. The van der Waals surface area contributed by atoms with E-state index in [0.717, 1.165) is 0 Å². The summed E-state index contributed by atoms with van der Waals surface area (Å²) in [4.78, 5) is 0. The van der Waals surface area contributed by atoms with E-state index in [-0.39, 0.29) is 6.92 Å². The van der Waals surface area contributed by atoms with Gasteiger partial charge in [-0.25, -0.2) is 127 Å². The van der Waals surface area contributed by atoms with Crippen molar-refractivity contribution in [1.29, 1.82) is 0 Å². The molecule has 0 aromatic heterocycles. The summed E-state index contributed by atoms with van der Waals surface area (Å²) in [5.41, 5.74) is -28.8. The Balaban J connectivity index is 1.42. The molecule has 0 atom stereocenters. The molecule has 74 heavy (non-hydrogen) atoms. The van der Waals surface area contributed by atoms with Crippen LogP contribution in [0.5, 0.6) is 0 Å². The summed E-state index contributed by atoms with van der Waals surface area (Å²) in [6.45, 7) is 2.57. The smallest absolute Gasteiger partial charge is 0.198 e. The highest BCUT2D eigenvalue weighted by atomic mass is 19.2. The lowest BCUT2D eigenvalue weighted by Crippen LogP contribution is -2.35. The van der Waals surface area contributed by atoms with Crippen molar-refractivity contribution in [2.75, 3.05) is 0 Å². The predicted octanol–water partition coefficient (Wildman–Crippen LogP) is 15.2. The molecule has 0 spiro atoms. The van der Waals surface area contributed by atoms with Crippen LogP contribution in [-0.2, 0) is 0 Å². The minimum absolute atomic E-state index is 0.0300. The SMILES string of the molecule is C=c1c(F)c(F)c(F)c(F)/c1=C(F)/C(F)=C(\C)c1c(F)c(F)c(-c2c(F)c(F)c(-c3c(F)c(F)c(-c4c(F)c(F)c(-c5c(F)c(F)c6c(F)c(F)c(F)c(F)c6c5F)c(F)c4F)c(F)c3F)c(F)c2F)c(F)c1F. The zero-order valence-corrected chi connectivity index (χ0v) is 34.2. The molecule has 0 aliphatic heterocycles. The van der Waals surface area contributed by atoms with Crippen LogP contribution in [0.4, 0.5) is 127 Å². The topological polar surface area (TPSA) is 0 Å². The van der Waals surface area contributed by atoms with E-state index in [0.29, 0.717) is 0 Å². The fourth-order valence-corrected chi connectivity index (χ4v) is 7.39. The third-order valence-electron chi connectivity index (χ3n) is 10.9. The Morgan fingerprint density at radius 3 is 0.743 bits per heavy atom. The lowest BCUT2D eigenvalue weighted by Gasteiger charge is -2.19. The van der Waals surface area contributed by atoms with E-state index in [1.807, 2.05) is 0 Å². The average Bonchev–Trinajstić information content (AvgIpc) is 3.36. The third-order valence-corrected chi connectivity index (χ3v) is 10.9. The third kappa shape index (κ3) is 7.25. The Kier molecular flexibility index (Phi) is 13.4. The van der Waals surface area contributed by atoms with Crippen LogP contribution < -0.4 is 10.4 Å². The van der Waals surface area contributed by atoms with E-state index in [4.69, 9.17) is 0 Å². The normalized spacial score (nSPS) is 12.7. The molecule has 0 aliphatic carbocycles. The molecule has 0 saturated carbocycles. The number of fused-ring (bicyclic) bond motifs is 1. The minimum atomic E-state index is -3.52. The van der Waals surface area contributed by atoms with E-state index in [9.17, 15) is 39.5 Å². The van der Waals surface area contributed by atoms with Gasteiger partial charge >= 0.3 is 0 Å². The second-order valence-electron chi connectivity index (χ2n) is 14.7. The number of rotatable bonds is 6. The summed E-state index contributed by atoms with van der Waals surface area (Å²) in [7, 11) is 0. The number of allylic oxidation sites excluding steroid dienone is 2. The summed E-state index contributed by atoms with van der Waals surface area (Å²) in [5, 5.41) is -9.05. The van der Waals surface area contributed by atoms with Crippen molar-refractivity contribution in [2.24, 2.45) is 0 Å². The van der Waals surface area contributed by atoms with Crippen LogP contribution in [0, 0.1) is 157 Å². The van der Waals surface area contributed by atoms with Gasteiger partial charge in [0.15, 0.2) is 163 Å².